The number of rotatable bonds is 6. The maximum Gasteiger partial charge on any atom is 0.244 e. The van der Waals surface area contributed by atoms with Crippen molar-refractivity contribution in [1.82, 2.24) is 15.2 Å². The van der Waals surface area contributed by atoms with Gasteiger partial charge in [0.05, 0.1) is 0 Å². The van der Waals surface area contributed by atoms with E-state index >= 15 is 0 Å². The lowest BCUT2D eigenvalue weighted by atomic mass is 9.95. The van der Waals surface area contributed by atoms with Crippen molar-refractivity contribution >= 4 is 12.0 Å². The molecular formula is C22H27N3O. The van der Waals surface area contributed by atoms with Crippen LogP contribution in [-0.2, 0) is 17.8 Å². The Bertz CT molecular complexity index is 755. The summed E-state index contributed by atoms with van der Waals surface area (Å²) in [6.45, 7) is 7.11. The normalized spacial score (nSPS) is 15.8. The number of nitrogens with one attached hydrogen (secondary N) is 1. The molecule has 26 heavy (non-hydrogen) atoms. The molecule has 1 atom stereocenters. The van der Waals surface area contributed by atoms with Gasteiger partial charge >= 0.3 is 0 Å². The number of hydrogen-bond donors (Lipinski definition) is 1. The standard InChI is InChI=1S/C22H27N3O/c1-17(2)21(25-13-11-19-7-3-4-8-20(19)16-25)15-24-22(26)10-9-18-6-5-12-23-14-18/h3-10,12,14,17,21H,11,13,15-16H2,1-2H3,(H,24,26)/b10-9+. The Morgan fingerprint density at radius 1 is 1.23 bits per heavy atom. The zero-order valence-corrected chi connectivity index (χ0v) is 15.6. The van der Waals surface area contributed by atoms with Gasteiger partial charge in [0, 0.05) is 44.1 Å². The third-order valence-electron chi connectivity index (χ3n) is 5.00. The molecule has 0 bridgehead atoms. The molecule has 0 saturated heterocycles. The first-order valence-electron chi connectivity index (χ1n) is 9.30. The van der Waals surface area contributed by atoms with Crippen LogP contribution in [-0.4, -0.2) is 34.9 Å². The van der Waals surface area contributed by atoms with Gasteiger partial charge in [-0.05, 0) is 41.2 Å². The molecule has 1 aliphatic rings. The molecule has 0 saturated carbocycles. The van der Waals surface area contributed by atoms with Gasteiger partial charge in [-0.15, -0.1) is 0 Å². The maximum atomic E-state index is 12.2. The highest BCUT2D eigenvalue weighted by Crippen LogP contribution is 2.22. The summed E-state index contributed by atoms with van der Waals surface area (Å²) < 4.78 is 0. The van der Waals surface area contributed by atoms with Crippen LogP contribution in [0.2, 0.25) is 0 Å². The monoisotopic (exact) mass is 349 g/mol. The number of aromatic nitrogens is 1. The van der Waals surface area contributed by atoms with Crippen LogP contribution in [0.15, 0.2) is 54.9 Å². The molecule has 4 nitrogen and oxygen atoms in total. The van der Waals surface area contributed by atoms with Crippen molar-refractivity contribution in [3.05, 3.63) is 71.6 Å². The fourth-order valence-electron chi connectivity index (χ4n) is 3.50. The number of nitrogens with zero attached hydrogens (tertiary/aromatic N) is 2. The fourth-order valence-corrected chi connectivity index (χ4v) is 3.50. The molecule has 0 spiro atoms. The predicted molar refractivity (Wildman–Crippen MR) is 105 cm³/mol. The lowest BCUT2D eigenvalue weighted by molar-refractivity contribution is -0.116. The molecule has 1 amide bonds. The van der Waals surface area contributed by atoms with E-state index in [1.54, 1.807) is 24.5 Å². The van der Waals surface area contributed by atoms with Gasteiger partial charge < -0.3 is 5.32 Å². The molecule has 4 heteroatoms. The zero-order valence-electron chi connectivity index (χ0n) is 15.6. The molecular weight excluding hydrogens is 322 g/mol. The Hall–Kier alpha value is -2.46. The highest BCUT2D eigenvalue weighted by molar-refractivity contribution is 5.91. The quantitative estimate of drug-likeness (QED) is 0.814. The average molecular weight is 349 g/mol. The van der Waals surface area contributed by atoms with E-state index < -0.39 is 0 Å². The first-order valence-corrected chi connectivity index (χ1v) is 9.30. The van der Waals surface area contributed by atoms with E-state index in [1.807, 2.05) is 12.1 Å². The minimum Gasteiger partial charge on any atom is -0.351 e. The van der Waals surface area contributed by atoms with Crippen LogP contribution in [0, 0.1) is 5.92 Å². The van der Waals surface area contributed by atoms with Crippen LogP contribution in [0.1, 0.15) is 30.5 Å². The Balaban J connectivity index is 1.57. The minimum atomic E-state index is -0.0584. The molecule has 1 aromatic carbocycles. The average Bonchev–Trinajstić information content (AvgIpc) is 2.67. The maximum absolute atomic E-state index is 12.2. The summed E-state index contributed by atoms with van der Waals surface area (Å²) in [5.41, 5.74) is 3.79. The summed E-state index contributed by atoms with van der Waals surface area (Å²) in [6.07, 6.45) is 7.92. The summed E-state index contributed by atoms with van der Waals surface area (Å²) >= 11 is 0. The van der Waals surface area contributed by atoms with E-state index in [2.05, 4.69) is 53.3 Å². The van der Waals surface area contributed by atoms with Crippen molar-refractivity contribution in [2.24, 2.45) is 5.92 Å². The molecule has 1 aromatic heterocycles. The highest BCUT2D eigenvalue weighted by atomic mass is 16.1. The largest absolute Gasteiger partial charge is 0.351 e. The molecule has 2 heterocycles. The summed E-state index contributed by atoms with van der Waals surface area (Å²) in [5.74, 6) is 0.416. The summed E-state index contributed by atoms with van der Waals surface area (Å²) in [4.78, 5) is 18.7. The van der Waals surface area contributed by atoms with E-state index in [0.29, 0.717) is 18.5 Å². The Kier molecular flexibility index (Phi) is 6.18. The second kappa shape index (κ2) is 8.77. The first kappa shape index (κ1) is 18.3. The lowest BCUT2D eigenvalue weighted by Crippen LogP contribution is -2.48. The van der Waals surface area contributed by atoms with Crippen molar-refractivity contribution in [2.45, 2.75) is 32.9 Å². The van der Waals surface area contributed by atoms with Crippen LogP contribution in [0.4, 0.5) is 0 Å². The van der Waals surface area contributed by atoms with Gasteiger partial charge in [-0.2, -0.15) is 0 Å². The third-order valence-corrected chi connectivity index (χ3v) is 5.00. The van der Waals surface area contributed by atoms with Gasteiger partial charge in [-0.3, -0.25) is 14.7 Å². The number of carbonyl (C=O) groups is 1. The Morgan fingerprint density at radius 3 is 2.77 bits per heavy atom. The first-order chi connectivity index (χ1) is 12.6. The van der Waals surface area contributed by atoms with Gasteiger partial charge in [0.1, 0.15) is 0 Å². The van der Waals surface area contributed by atoms with Gasteiger partial charge in [0.15, 0.2) is 0 Å². The Morgan fingerprint density at radius 2 is 2.04 bits per heavy atom. The smallest absolute Gasteiger partial charge is 0.244 e. The van der Waals surface area contributed by atoms with E-state index in [0.717, 1.165) is 25.1 Å². The molecule has 1 N–H and O–H groups in total. The van der Waals surface area contributed by atoms with E-state index in [4.69, 9.17) is 0 Å². The van der Waals surface area contributed by atoms with Gasteiger partial charge in [-0.1, -0.05) is 44.2 Å². The van der Waals surface area contributed by atoms with Crippen molar-refractivity contribution in [3.63, 3.8) is 0 Å². The number of benzene rings is 1. The second-order valence-electron chi connectivity index (χ2n) is 7.17. The van der Waals surface area contributed by atoms with Gasteiger partial charge in [0.2, 0.25) is 5.91 Å². The highest BCUT2D eigenvalue weighted by Gasteiger charge is 2.25. The van der Waals surface area contributed by atoms with Crippen LogP contribution in [0.25, 0.3) is 6.08 Å². The molecule has 1 unspecified atom stereocenters. The summed E-state index contributed by atoms with van der Waals surface area (Å²) in [5, 5.41) is 3.07. The molecule has 1 aliphatic heterocycles. The predicted octanol–water partition coefficient (Wildman–Crippen LogP) is 3.29. The fraction of sp³-hybridized carbons (Fsp3) is 0.364. The topological polar surface area (TPSA) is 45.2 Å². The summed E-state index contributed by atoms with van der Waals surface area (Å²) in [6, 6.07) is 12.8. The van der Waals surface area contributed by atoms with Crippen molar-refractivity contribution in [3.8, 4) is 0 Å². The van der Waals surface area contributed by atoms with E-state index in [9.17, 15) is 4.79 Å². The van der Waals surface area contributed by atoms with Gasteiger partial charge in [-0.25, -0.2) is 0 Å². The zero-order chi connectivity index (χ0) is 18.4. The second-order valence-corrected chi connectivity index (χ2v) is 7.17. The van der Waals surface area contributed by atoms with Crippen LogP contribution < -0.4 is 5.32 Å². The molecule has 3 rings (SSSR count). The molecule has 0 radical (unpaired) electrons. The molecule has 0 aliphatic carbocycles. The van der Waals surface area contributed by atoms with Gasteiger partial charge in [0.25, 0.3) is 0 Å². The number of fused-ring (bicyclic) bond motifs is 1. The van der Waals surface area contributed by atoms with Crippen molar-refractivity contribution < 1.29 is 4.79 Å². The van der Waals surface area contributed by atoms with Crippen molar-refractivity contribution in [2.75, 3.05) is 13.1 Å². The van der Waals surface area contributed by atoms with E-state index in [1.165, 1.54) is 11.1 Å². The third kappa shape index (κ3) is 4.79. The van der Waals surface area contributed by atoms with Crippen LogP contribution in [0.5, 0.6) is 0 Å². The van der Waals surface area contributed by atoms with Crippen LogP contribution in [0.3, 0.4) is 0 Å². The lowest BCUT2D eigenvalue weighted by Gasteiger charge is -2.37. The summed E-state index contributed by atoms with van der Waals surface area (Å²) in [7, 11) is 0. The minimum absolute atomic E-state index is 0.0584. The SMILES string of the molecule is CC(C)C(CNC(=O)/C=C/c1cccnc1)N1CCc2ccccc2C1. The van der Waals surface area contributed by atoms with E-state index in [-0.39, 0.29) is 5.91 Å². The number of hydrogen-bond acceptors (Lipinski definition) is 3. The molecule has 2 aromatic rings. The van der Waals surface area contributed by atoms with Crippen LogP contribution >= 0.6 is 0 Å². The Labute approximate surface area is 155 Å². The number of carbonyl (C=O) groups excluding carboxylic acids is 1. The molecule has 136 valence electrons. The number of pyridine rings is 1. The molecule has 0 fully saturated rings. The van der Waals surface area contributed by atoms with Crippen molar-refractivity contribution in [1.29, 1.82) is 0 Å². The number of amides is 1.